The molecule has 0 aliphatic rings. The van der Waals surface area contributed by atoms with E-state index in [2.05, 4.69) is 30.2 Å². The lowest BCUT2D eigenvalue weighted by atomic mass is 10.2. The van der Waals surface area contributed by atoms with Crippen LogP contribution in [0.15, 0.2) is 37.1 Å². The van der Waals surface area contributed by atoms with E-state index in [1.165, 1.54) is 6.33 Å². The van der Waals surface area contributed by atoms with Crippen LogP contribution in [-0.4, -0.2) is 24.9 Å². The van der Waals surface area contributed by atoms with E-state index in [9.17, 15) is 0 Å². The number of H-pyrrole nitrogens is 1. The van der Waals surface area contributed by atoms with E-state index in [1.807, 2.05) is 25.1 Å². The summed E-state index contributed by atoms with van der Waals surface area (Å²) in [6, 6.07) is 5.90. The Kier molecular flexibility index (Phi) is 2.60. The molecule has 0 spiro atoms. The Morgan fingerprint density at radius 2 is 2.11 bits per heavy atom. The van der Waals surface area contributed by atoms with Crippen molar-refractivity contribution in [3.63, 3.8) is 0 Å². The number of aromatic amines is 1. The van der Waals surface area contributed by atoms with Gasteiger partial charge in [-0.2, -0.15) is 0 Å². The minimum atomic E-state index is 0.0626. The van der Waals surface area contributed by atoms with Gasteiger partial charge in [-0.25, -0.2) is 15.0 Å². The molecule has 3 rings (SSSR count). The second-order valence-corrected chi connectivity index (χ2v) is 3.94. The first-order chi connectivity index (χ1) is 8.84. The third kappa shape index (κ3) is 1.88. The quantitative estimate of drug-likeness (QED) is 0.731. The lowest BCUT2D eigenvalue weighted by Crippen LogP contribution is -2.09. The zero-order valence-corrected chi connectivity index (χ0v) is 9.83. The number of imidazole rings is 1. The van der Waals surface area contributed by atoms with Gasteiger partial charge in [0.05, 0.1) is 18.1 Å². The van der Waals surface area contributed by atoms with Crippen LogP contribution in [-0.2, 0) is 0 Å². The van der Waals surface area contributed by atoms with Gasteiger partial charge in [0.1, 0.15) is 11.8 Å². The van der Waals surface area contributed by atoms with Crippen molar-refractivity contribution in [2.45, 2.75) is 13.0 Å². The number of fused-ring (bicyclic) bond motifs is 1. The molecule has 0 aliphatic carbocycles. The first kappa shape index (κ1) is 10.6. The summed E-state index contributed by atoms with van der Waals surface area (Å²) in [6.07, 6.45) is 4.88. The molecule has 0 fully saturated rings. The molecule has 0 saturated heterocycles. The molecule has 1 unspecified atom stereocenters. The SMILES string of the molecule is CC(Nc1ncnc2nc[nH]c12)c1ccccn1. The topological polar surface area (TPSA) is 79.4 Å². The highest BCUT2D eigenvalue weighted by Crippen LogP contribution is 2.20. The van der Waals surface area contributed by atoms with Gasteiger partial charge in [0.2, 0.25) is 0 Å². The van der Waals surface area contributed by atoms with Gasteiger partial charge in [-0.05, 0) is 19.1 Å². The number of nitrogens with zero attached hydrogens (tertiary/aromatic N) is 4. The molecule has 0 radical (unpaired) electrons. The van der Waals surface area contributed by atoms with Gasteiger partial charge in [-0.15, -0.1) is 0 Å². The normalized spacial score (nSPS) is 12.5. The number of anilines is 1. The molecule has 0 aliphatic heterocycles. The Morgan fingerprint density at radius 1 is 1.17 bits per heavy atom. The smallest absolute Gasteiger partial charge is 0.182 e. The second kappa shape index (κ2) is 4.40. The zero-order chi connectivity index (χ0) is 12.4. The number of hydrogen-bond donors (Lipinski definition) is 2. The third-order valence-electron chi connectivity index (χ3n) is 2.71. The molecule has 6 heteroatoms. The number of pyridine rings is 1. The van der Waals surface area contributed by atoms with E-state index in [4.69, 9.17) is 0 Å². The van der Waals surface area contributed by atoms with Crippen LogP contribution in [0.3, 0.4) is 0 Å². The summed E-state index contributed by atoms with van der Waals surface area (Å²) in [5, 5.41) is 3.30. The van der Waals surface area contributed by atoms with Crippen molar-refractivity contribution >= 4 is 17.0 Å². The highest BCUT2D eigenvalue weighted by molar-refractivity contribution is 5.82. The van der Waals surface area contributed by atoms with Crippen LogP contribution in [0.2, 0.25) is 0 Å². The third-order valence-corrected chi connectivity index (χ3v) is 2.71. The van der Waals surface area contributed by atoms with Gasteiger partial charge in [0.25, 0.3) is 0 Å². The fraction of sp³-hybridized carbons (Fsp3) is 0.167. The summed E-state index contributed by atoms with van der Waals surface area (Å²) in [4.78, 5) is 19.7. The number of nitrogens with one attached hydrogen (secondary N) is 2. The molecule has 2 N–H and O–H groups in total. The van der Waals surface area contributed by atoms with Gasteiger partial charge in [0.15, 0.2) is 11.5 Å². The van der Waals surface area contributed by atoms with Crippen molar-refractivity contribution in [3.8, 4) is 0 Å². The van der Waals surface area contributed by atoms with Crippen molar-refractivity contribution in [2.24, 2.45) is 0 Å². The van der Waals surface area contributed by atoms with Crippen molar-refractivity contribution < 1.29 is 0 Å². The molecule has 3 aromatic rings. The molecule has 90 valence electrons. The summed E-state index contributed by atoms with van der Waals surface area (Å²) in [7, 11) is 0. The Morgan fingerprint density at radius 3 is 2.94 bits per heavy atom. The molecule has 3 aromatic heterocycles. The van der Waals surface area contributed by atoms with Gasteiger partial charge in [-0.1, -0.05) is 6.07 Å². The van der Waals surface area contributed by atoms with E-state index >= 15 is 0 Å². The number of aromatic nitrogens is 5. The fourth-order valence-electron chi connectivity index (χ4n) is 1.79. The predicted molar refractivity (Wildman–Crippen MR) is 68.0 cm³/mol. The standard InChI is InChI=1S/C12H12N6/c1-8(9-4-2-3-5-13-9)18-12-10-11(15-6-14-10)16-7-17-12/h2-8H,1H3,(H2,14,15,16,17,18). The van der Waals surface area contributed by atoms with Gasteiger partial charge in [-0.3, -0.25) is 4.98 Å². The van der Waals surface area contributed by atoms with Crippen molar-refractivity contribution in [2.75, 3.05) is 5.32 Å². The summed E-state index contributed by atoms with van der Waals surface area (Å²) < 4.78 is 0. The Labute approximate surface area is 104 Å². The zero-order valence-electron chi connectivity index (χ0n) is 9.83. The number of rotatable bonds is 3. The highest BCUT2D eigenvalue weighted by Gasteiger charge is 2.10. The fourth-order valence-corrected chi connectivity index (χ4v) is 1.79. The van der Waals surface area contributed by atoms with Crippen LogP contribution < -0.4 is 5.32 Å². The largest absolute Gasteiger partial charge is 0.360 e. The Hall–Kier alpha value is -2.50. The minimum absolute atomic E-state index is 0.0626. The highest BCUT2D eigenvalue weighted by atomic mass is 15.1. The first-order valence-corrected chi connectivity index (χ1v) is 5.66. The van der Waals surface area contributed by atoms with Gasteiger partial charge in [0, 0.05) is 6.20 Å². The van der Waals surface area contributed by atoms with Crippen LogP contribution in [0, 0.1) is 0 Å². The monoisotopic (exact) mass is 240 g/mol. The predicted octanol–water partition coefficient (Wildman–Crippen LogP) is 1.92. The summed E-state index contributed by atoms with van der Waals surface area (Å²) in [6.45, 7) is 2.03. The van der Waals surface area contributed by atoms with Gasteiger partial charge >= 0.3 is 0 Å². The number of hydrogen-bond acceptors (Lipinski definition) is 5. The van der Waals surface area contributed by atoms with E-state index in [1.54, 1.807) is 12.5 Å². The van der Waals surface area contributed by atoms with Crippen molar-refractivity contribution in [1.29, 1.82) is 0 Å². The lowest BCUT2D eigenvalue weighted by molar-refractivity contribution is 0.832. The molecule has 6 nitrogen and oxygen atoms in total. The van der Waals surface area contributed by atoms with Crippen LogP contribution in [0.5, 0.6) is 0 Å². The van der Waals surface area contributed by atoms with Crippen LogP contribution >= 0.6 is 0 Å². The molecule has 0 amide bonds. The maximum Gasteiger partial charge on any atom is 0.182 e. The molecule has 18 heavy (non-hydrogen) atoms. The summed E-state index contributed by atoms with van der Waals surface area (Å²) >= 11 is 0. The van der Waals surface area contributed by atoms with E-state index in [-0.39, 0.29) is 6.04 Å². The molecule has 1 atom stereocenters. The summed E-state index contributed by atoms with van der Waals surface area (Å²) in [5.41, 5.74) is 2.42. The average Bonchev–Trinajstić information content (AvgIpc) is 2.89. The van der Waals surface area contributed by atoms with Gasteiger partial charge < -0.3 is 10.3 Å². The van der Waals surface area contributed by atoms with Crippen LogP contribution in [0.1, 0.15) is 18.7 Å². The maximum atomic E-state index is 4.31. The van der Waals surface area contributed by atoms with Crippen molar-refractivity contribution in [1.82, 2.24) is 24.9 Å². The van der Waals surface area contributed by atoms with E-state index in [0.29, 0.717) is 5.65 Å². The Balaban J connectivity index is 1.91. The lowest BCUT2D eigenvalue weighted by Gasteiger charge is -2.13. The van der Waals surface area contributed by atoms with Crippen LogP contribution in [0.4, 0.5) is 5.82 Å². The summed E-state index contributed by atoms with van der Waals surface area (Å²) in [5.74, 6) is 0.732. The molecular formula is C12H12N6. The average molecular weight is 240 g/mol. The molecule has 0 bridgehead atoms. The molecule has 3 heterocycles. The van der Waals surface area contributed by atoms with Crippen LogP contribution in [0.25, 0.3) is 11.2 Å². The van der Waals surface area contributed by atoms with E-state index in [0.717, 1.165) is 17.0 Å². The first-order valence-electron chi connectivity index (χ1n) is 5.66. The minimum Gasteiger partial charge on any atom is -0.360 e. The molecule has 0 saturated carbocycles. The Bertz CT molecular complexity index is 648. The molecule has 0 aromatic carbocycles. The second-order valence-electron chi connectivity index (χ2n) is 3.94. The van der Waals surface area contributed by atoms with Crippen molar-refractivity contribution in [3.05, 3.63) is 42.7 Å². The maximum absolute atomic E-state index is 4.31. The molecular weight excluding hydrogens is 228 g/mol. The van der Waals surface area contributed by atoms with E-state index < -0.39 is 0 Å².